The van der Waals surface area contributed by atoms with Gasteiger partial charge in [0.15, 0.2) is 0 Å². The normalized spacial score (nSPS) is 23.1. The Bertz CT molecular complexity index is 1870. The van der Waals surface area contributed by atoms with E-state index in [1.54, 1.807) is 34.1 Å². The van der Waals surface area contributed by atoms with Gasteiger partial charge in [-0.3, -0.25) is 0 Å². The SMILES string of the molecule is CCCCOc1ccc(CN2C(=O)N(Cc3ccc(OCCCC)cc3)[C@H](Cc3ccc(OC[P+]4(OCC)OC(C)O4)cc3)[C@H](O)[C@@H](O)[C@H]2Cc2ccc(O)cc2)cc1. The van der Waals surface area contributed by atoms with Crippen molar-refractivity contribution in [3.8, 4) is 23.0 Å². The summed E-state index contributed by atoms with van der Waals surface area (Å²) in [7, 11) is -2.54. The average Bonchev–Trinajstić information content (AvgIpc) is 3.29. The highest BCUT2D eigenvalue weighted by Gasteiger charge is 2.60. The second-order valence-electron chi connectivity index (χ2n) is 15.1. The van der Waals surface area contributed by atoms with Crippen LogP contribution in [-0.4, -0.2) is 87.9 Å². The zero-order valence-electron chi connectivity index (χ0n) is 34.7. The van der Waals surface area contributed by atoms with Gasteiger partial charge >= 0.3 is 14.0 Å². The molecule has 2 saturated heterocycles. The summed E-state index contributed by atoms with van der Waals surface area (Å²) in [5.41, 5.74) is 3.34. The van der Waals surface area contributed by atoms with Crippen LogP contribution in [0.15, 0.2) is 97.1 Å². The Kier molecular flexibility index (Phi) is 15.9. The van der Waals surface area contributed by atoms with Gasteiger partial charge in [0.25, 0.3) is 12.6 Å². The Morgan fingerprint density at radius 3 is 1.42 bits per heavy atom. The Morgan fingerprint density at radius 1 is 0.610 bits per heavy atom. The molecule has 2 aliphatic heterocycles. The molecule has 3 N–H and O–H groups in total. The molecule has 0 aromatic heterocycles. The van der Waals surface area contributed by atoms with Crippen molar-refractivity contribution in [3.63, 3.8) is 0 Å². The maximum atomic E-state index is 15.2. The zero-order chi connectivity index (χ0) is 41.8. The number of urea groups is 1. The molecule has 0 saturated carbocycles. The number of rotatable bonds is 21. The molecule has 2 fully saturated rings. The third-order valence-electron chi connectivity index (χ3n) is 10.6. The number of unbranched alkanes of at least 4 members (excludes halogenated alkanes) is 2. The molecule has 2 aliphatic rings. The Balaban J connectivity index is 1.30. The van der Waals surface area contributed by atoms with E-state index in [4.69, 9.17) is 27.8 Å². The lowest BCUT2D eigenvalue weighted by Crippen LogP contribution is -2.50. The average molecular weight is 832 g/mol. The van der Waals surface area contributed by atoms with E-state index in [0.717, 1.165) is 59.4 Å². The van der Waals surface area contributed by atoms with Gasteiger partial charge in [-0.15, -0.1) is 9.05 Å². The number of phenols is 1. The van der Waals surface area contributed by atoms with Crippen molar-refractivity contribution in [1.82, 2.24) is 9.80 Å². The third kappa shape index (κ3) is 11.9. The zero-order valence-corrected chi connectivity index (χ0v) is 35.5. The van der Waals surface area contributed by atoms with Crippen molar-refractivity contribution < 1.29 is 47.9 Å². The maximum Gasteiger partial charge on any atom is 0.457 e. The van der Waals surface area contributed by atoms with E-state index >= 15 is 4.79 Å². The lowest BCUT2D eigenvalue weighted by atomic mass is 9.90. The summed E-state index contributed by atoms with van der Waals surface area (Å²) in [4.78, 5) is 18.6. The van der Waals surface area contributed by atoms with Crippen LogP contribution in [0.4, 0.5) is 4.79 Å². The first-order valence-electron chi connectivity index (χ1n) is 20.9. The summed E-state index contributed by atoms with van der Waals surface area (Å²) in [6, 6.07) is 27.6. The number of aliphatic hydroxyl groups is 2. The Labute approximate surface area is 349 Å². The quantitative estimate of drug-likeness (QED) is 0.0552. The number of hydrogen-bond donors (Lipinski definition) is 3. The highest BCUT2D eigenvalue weighted by molar-refractivity contribution is 7.62. The smallest absolute Gasteiger partial charge is 0.457 e. The van der Waals surface area contributed by atoms with Crippen molar-refractivity contribution in [2.24, 2.45) is 0 Å². The molecule has 13 heteroatoms. The summed E-state index contributed by atoms with van der Waals surface area (Å²) in [6.45, 7) is 9.97. The summed E-state index contributed by atoms with van der Waals surface area (Å²) in [5, 5.41) is 34.5. The van der Waals surface area contributed by atoms with Crippen LogP contribution in [0.5, 0.6) is 23.0 Å². The molecule has 2 heterocycles. The highest BCUT2D eigenvalue weighted by Crippen LogP contribution is 2.70. The number of amides is 2. The second kappa shape index (κ2) is 21.2. The van der Waals surface area contributed by atoms with Gasteiger partial charge in [-0.2, -0.15) is 4.52 Å². The lowest BCUT2D eigenvalue weighted by Gasteiger charge is -2.36. The molecule has 6 rings (SSSR count). The van der Waals surface area contributed by atoms with Gasteiger partial charge in [-0.25, -0.2) is 4.79 Å². The Hall–Kier alpha value is -4.42. The van der Waals surface area contributed by atoms with Crippen LogP contribution < -0.4 is 14.2 Å². The minimum absolute atomic E-state index is 0.114. The fraction of sp³-hybridized carbons (Fsp3) is 0.457. The molecule has 12 nitrogen and oxygen atoms in total. The van der Waals surface area contributed by atoms with Crippen LogP contribution in [-0.2, 0) is 39.5 Å². The topological polar surface area (TPSA) is 140 Å². The number of hydrogen-bond acceptors (Lipinski definition) is 10. The molecule has 0 spiro atoms. The van der Waals surface area contributed by atoms with Crippen LogP contribution >= 0.6 is 7.94 Å². The van der Waals surface area contributed by atoms with E-state index in [-0.39, 0.29) is 50.3 Å². The standard InChI is InChI=1S/C46H59N2O10P/c1-5-8-26-53-39-22-14-36(15-23-39)30-47-42(28-34-10-18-38(49)19-11-34)44(50)45(51)43(48(46(47)52)31-37-16-24-40(25-17-37)54-27-9-6-2)29-35-12-20-41(21-13-35)55-32-59(56-7-3)57-33(4)58-59/h10-25,33,42-45,50-51H,5-9,26-32H2,1-4H3/p+1/t33?,42-,43-,44+,45+,59?/m1/s1. The third-order valence-corrected chi connectivity index (χ3v) is 12.9. The first-order valence-corrected chi connectivity index (χ1v) is 22.6. The van der Waals surface area contributed by atoms with Gasteiger partial charge in [-0.1, -0.05) is 75.2 Å². The van der Waals surface area contributed by atoms with Gasteiger partial charge in [0.2, 0.25) is 0 Å². The van der Waals surface area contributed by atoms with Gasteiger partial charge in [0.1, 0.15) is 35.2 Å². The van der Waals surface area contributed by atoms with Gasteiger partial charge < -0.3 is 39.3 Å². The highest BCUT2D eigenvalue weighted by atomic mass is 31.2. The van der Waals surface area contributed by atoms with Gasteiger partial charge in [-0.05, 0) is 110 Å². The molecule has 4 atom stereocenters. The number of nitrogens with zero attached hydrogens (tertiary/aromatic N) is 2. The van der Waals surface area contributed by atoms with Crippen LogP contribution in [0.1, 0.15) is 75.6 Å². The van der Waals surface area contributed by atoms with Crippen molar-refractivity contribution in [2.45, 2.75) is 110 Å². The van der Waals surface area contributed by atoms with E-state index in [0.29, 0.717) is 25.6 Å². The Morgan fingerprint density at radius 2 is 1.02 bits per heavy atom. The largest absolute Gasteiger partial charge is 0.508 e. The number of phenolic OH excluding ortho intramolecular Hbond substituents is 1. The molecule has 4 aromatic carbocycles. The predicted octanol–water partition coefficient (Wildman–Crippen LogP) is 8.66. The van der Waals surface area contributed by atoms with Crippen LogP contribution in [0, 0.1) is 0 Å². The maximum absolute atomic E-state index is 15.2. The summed E-state index contributed by atoms with van der Waals surface area (Å²) in [5.74, 6) is 2.20. The lowest BCUT2D eigenvalue weighted by molar-refractivity contribution is -0.109. The molecular formula is C46H60N2O10P+. The monoisotopic (exact) mass is 831 g/mol. The molecule has 318 valence electrons. The number of ether oxygens (including phenoxy) is 3. The van der Waals surface area contributed by atoms with Crippen molar-refractivity contribution in [2.75, 3.05) is 26.2 Å². The van der Waals surface area contributed by atoms with E-state index < -0.39 is 32.2 Å². The molecule has 4 aromatic rings. The minimum atomic E-state index is -2.54. The molecule has 59 heavy (non-hydrogen) atoms. The van der Waals surface area contributed by atoms with Crippen LogP contribution in [0.2, 0.25) is 0 Å². The first kappa shape index (κ1) is 44.1. The predicted molar refractivity (Wildman–Crippen MR) is 227 cm³/mol. The van der Waals surface area contributed by atoms with E-state index in [1.165, 1.54) is 0 Å². The molecule has 0 unspecified atom stereocenters. The summed E-state index contributed by atoms with van der Waals surface area (Å²) < 4.78 is 35.2. The van der Waals surface area contributed by atoms with Crippen LogP contribution in [0.25, 0.3) is 0 Å². The number of benzene rings is 4. The number of aliphatic hydroxyl groups excluding tert-OH is 2. The first-order chi connectivity index (χ1) is 28.6. The van der Waals surface area contributed by atoms with E-state index in [2.05, 4.69) is 13.8 Å². The van der Waals surface area contributed by atoms with Crippen molar-refractivity contribution in [3.05, 3.63) is 119 Å². The minimum Gasteiger partial charge on any atom is -0.508 e. The fourth-order valence-electron chi connectivity index (χ4n) is 7.35. The second-order valence-corrected chi connectivity index (χ2v) is 17.3. The van der Waals surface area contributed by atoms with Crippen molar-refractivity contribution >= 4 is 14.0 Å². The fourth-order valence-corrected chi connectivity index (χ4v) is 9.29. The molecule has 0 radical (unpaired) electrons. The molecule has 0 aliphatic carbocycles. The summed E-state index contributed by atoms with van der Waals surface area (Å²) in [6.07, 6.45) is 1.63. The number of carbonyl (C=O) groups excluding carboxylic acids is 1. The van der Waals surface area contributed by atoms with E-state index in [1.807, 2.05) is 86.6 Å². The van der Waals surface area contributed by atoms with Crippen molar-refractivity contribution in [1.29, 1.82) is 0 Å². The van der Waals surface area contributed by atoms with Gasteiger partial charge in [0, 0.05) is 13.1 Å². The molecule has 2 amide bonds. The van der Waals surface area contributed by atoms with E-state index in [9.17, 15) is 15.3 Å². The summed E-state index contributed by atoms with van der Waals surface area (Å²) >= 11 is 0. The molecule has 0 bridgehead atoms. The molecular weight excluding hydrogens is 771 g/mol. The number of carbonyl (C=O) groups is 1. The van der Waals surface area contributed by atoms with Gasteiger partial charge in [0.05, 0.1) is 31.9 Å². The number of aromatic hydroxyl groups is 1. The van der Waals surface area contributed by atoms with Crippen LogP contribution in [0.3, 0.4) is 0 Å².